The molecule has 0 aromatic heterocycles. The number of hydrogen-bond acceptors (Lipinski definition) is 6. The molecule has 0 fully saturated rings. The average Bonchev–Trinajstić information content (AvgIpc) is 2.22. The predicted octanol–water partition coefficient (Wildman–Crippen LogP) is 0.152. The molecule has 6 nitrogen and oxygen atoms in total. The van der Waals surface area contributed by atoms with E-state index in [1.807, 2.05) is 0 Å². The zero-order chi connectivity index (χ0) is 11.1. The van der Waals surface area contributed by atoms with Gasteiger partial charge in [-0.3, -0.25) is 10.2 Å². The number of hydrogen-bond donors (Lipinski definition) is 2. The topological polar surface area (TPSA) is 100 Å². The largest absolute Gasteiger partial charge is 0.469 e. The molecule has 2 N–H and O–H groups in total. The highest BCUT2D eigenvalue weighted by molar-refractivity contribution is 6.64. The minimum atomic E-state index is -0.875. The Morgan fingerprint density at radius 1 is 1.07 bits per heavy atom. The fraction of sp³-hybridized carbons (Fsp3) is 0.500. The number of esters is 2. The highest BCUT2D eigenvalue weighted by Crippen LogP contribution is 1.96. The maximum Gasteiger partial charge on any atom is 0.357 e. The fourth-order valence-corrected chi connectivity index (χ4v) is 0.679. The highest BCUT2D eigenvalue weighted by Gasteiger charge is 2.15. The molecule has 0 bridgehead atoms. The van der Waals surface area contributed by atoms with Crippen molar-refractivity contribution in [3.05, 3.63) is 0 Å². The predicted molar refractivity (Wildman–Crippen MR) is 48.7 cm³/mol. The van der Waals surface area contributed by atoms with Gasteiger partial charge < -0.3 is 14.9 Å². The molecule has 0 aromatic rings. The van der Waals surface area contributed by atoms with Crippen LogP contribution in [0.5, 0.6) is 0 Å². The lowest BCUT2D eigenvalue weighted by atomic mass is 10.1. The van der Waals surface area contributed by atoms with E-state index >= 15 is 0 Å². The average molecular weight is 200 g/mol. The van der Waals surface area contributed by atoms with Gasteiger partial charge in [-0.15, -0.1) is 0 Å². The quantitative estimate of drug-likeness (QED) is 0.487. The summed E-state index contributed by atoms with van der Waals surface area (Å²) in [7, 11) is 2.36. The van der Waals surface area contributed by atoms with Crippen molar-refractivity contribution in [3.8, 4) is 0 Å². The van der Waals surface area contributed by atoms with E-state index in [1.54, 1.807) is 0 Å². The van der Waals surface area contributed by atoms with Crippen molar-refractivity contribution in [3.63, 3.8) is 0 Å². The summed E-state index contributed by atoms with van der Waals surface area (Å²) in [6.45, 7) is 0. The van der Waals surface area contributed by atoms with E-state index in [-0.39, 0.29) is 18.6 Å². The fourth-order valence-electron chi connectivity index (χ4n) is 0.679. The molecule has 0 amide bonds. The highest BCUT2D eigenvalue weighted by atomic mass is 16.5. The smallest absolute Gasteiger partial charge is 0.357 e. The minimum Gasteiger partial charge on any atom is -0.469 e. The van der Waals surface area contributed by atoms with Gasteiger partial charge in [-0.05, 0) is 0 Å². The van der Waals surface area contributed by atoms with Gasteiger partial charge in [0.2, 0.25) is 0 Å². The van der Waals surface area contributed by atoms with Gasteiger partial charge >= 0.3 is 11.9 Å². The monoisotopic (exact) mass is 200 g/mol. The number of ether oxygens (including phenoxy) is 2. The molecule has 0 aromatic carbocycles. The zero-order valence-corrected chi connectivity index (χ0v) is 8.05. The van der Waals surface area contributed by atoms with Crippen LogP contribution >= 0.6 is 0 Å². The Kier molecular flexibility index (Phi) is 5.13. The summed E-state index contributed by atoms with van der Waals surface area (Å²) in [5.41, 5.74) is -0.765. The molecule has 0 atom stereocenters. The molecule has 0 saturated carbocycles. The van der Waals surface area contributed by atoms with E-state index in [9.17, 15) is 9.59 Å². The molecule has 0 heterocycles. The molecular weight excluding hydrogens is 188 g/mol. The molecule has 0 aliphatic carbocycles. The molecule has 0 saturated heterocycles. The zero-order valence-electron chi connectivity index (χ0n) is 8.05. The third-order valence-corrected chi connectivity index (χ3v) is 1.50. The van der Waals surface area contributed by atoms with E-state index in [2.05, 4.69) is 9.47 Å². The molecule has 14 heavy (non-hydrogen) atoms. The van der Waals surface area contributed by atoms with Crippen molar-refractivity contribution in [2.45, 2.75) is 12.8 Å². The van der Waals surface area contributed by atoms with Gasteiger partial charge in [-0.1, -0.05) is 0 Å². The van der Waals surface area contributed by atoms with Crippen molar-refractivity contribution in [1.29, 1.82) is 10.8 Å². The van der Waals surface area contributed by atoms with Gasteiger partial charge in [-0.2, -0.15) is 0 Å². The van der Waals surface area contributed by atoms with Crippen LogP contribution in [0.25, 0.3) is 0 Å². The molecule has 6 heteroatoms. The third-order valence-electron chi connectivity index (χ3n) is 1.50. The first-order chi connectivity index (χ1) is 6.52. The number of carbonyl (C=O) groups is 2. The van der Waals surface area contributed by atoms with Gasteiger partial charge in [-0.25, -0.2) is 4.79 Å². The van der Waals surface area contributed by atoms with Gasteiger partial charge in [0.1, 0.15) is 0 Å². The van der Waals surface area contributed by atoms with Crippen LogP contribution in [0.4, 0.5) is 0 Å². The first-order valence-electron chi connectivity index (χ1n) is 3.84. The van der Waals surface area contributed by atoms with Crippen LogP contribution in [0.15, 0.2) is 0 Å². The van der Waals surface area contributed by atoms with Crippen LogP contribution in [0.3, 0.4) is 0 Å². The number of carbonyl (C=O) groups excluding carboxylic acids is 2. The second-order valence-corrected chi connectivity index (χ2v) is 2.42. The summed E-state index contributed by atoms with van der Waals surface area (Å²) in [5.74, 6) is -1.35. The normalized spacial score (nSPS) is 9.00. The minimum absolute atomic E-state index is 0.000602. The Morgan fingerprint density at radius 2 is 1.64 bits per heavy atom. The molecule has 0 aliphatic rings. The van der Waals surface area contributed by atoms with Crippen LogP contribution < -0.4 is 0 Å². The molecule has 78 valence electrons. The van der Waals surface area contributed by atoms with Gasteiger partial charge in [0.15, 0.2) is 5.71 Å². The molecule has 0 unspecified atom stereocenters. The Labute approximate surface area is 81.2 Å². The van der Waals surface area contributed by atoms with Crippen LogP contribution in [0.2, 0.25) is 0 Å². The van der Waals surface area contributed by atoms with Crippen molar-refractivity contribution in [1.82, 2.24) is 0 Å². The number of methoxy groups -OCH3 is 2. The SMILES string of the molecule is COC(=O)CCC(=N)C(=N)C(=O)OC. The van der Waals surface area contributed by atoms with Crippen molar-refractivity contribution >= 4 is 23.4 Å². The summed E-state index contributed by atoms with van der Waals surface area (Å²) in [4.78, 5) is 21.4. The van der Waals surface area contributed by atoms with E-state index in [1.165, 1.54) is 7.11 Å². The summed E-state index contributed by atoms with van der Waals surface area (Å²) in [5, 5.41) is 14.4. The van der Waals surface area contributed by atoms with E-state index in [0.29, 0.717) is 0 Å². The van der Waals surface area contributed by atoms with E-state index in [0.717, 1.165) is 7.11 Å². The van der Waals surface area contributed by atoms with Crippen LogP contribution in [-0.4, -0.2) is 37.6 Å². The second kappa shape index (κ2) is 5.85. The second-order valence-electron chi connectivity index (χ2n) is 2.42. The molecule has 0 rings (SSSR count). The molecule has 0 aliphatic heterocycles. The third kappa shape index (κ3) is 3.79. The molecular formula is C8H12N2O4. The summed E-state index contributed by atoms with van der Waals surface area (Å²) < 4.78 is 8.59. The maximum absolute atomic E-state index is 10.8. The molecule has 0 spiro atoms. The van der Waals surface area contributed by atoms with Crippen molar-refractivity contribution < 1.29 is 19.1 Å². The number of nitrogens with one attached hydrogen (secondary N) is 2. The Morgan fingerprint density at radius 3 is 2.07 bits per heavy atom. The summed E-state index contributed by atoms with van der Waals surface area (Å²) in [6.07, 6.45) is -0.0185. The standard InChI is InChI=1S/C8H12N2O4/c1-13-6(11)4-3-5(9)7(10)8(12)14-2/h9-10H,3-4H2,1-2H3. The van der Waals surface area contributed by atoms with E-state index in [4.69, 9.17) is 10.8 Å². The Bertz CT molecular complexity index is 273. The summed E-state index contributed by atoms with van der Waals surface area (Å²) >= 11 is 0. The van der Waals surface area contributed by atoms with Crippen molar-refractivity contribution in [2.75, 3.05) is 14.2 Å². The van der Waals surface area contributed by atoms with E-state index < -0.39 is 17.7 Å². The first-order valence-corrected chi connectivity index (χ1v) is 3.84. The lowest BCUT2D eigenvalue weighted by Crippen LogP contribution is -2.24. The van der Waals surface area contributed by atoms with Gasteiger partial charge in [0, 0.05) is 6.42 Å². The summed E-state index contributed by atoms with van der Waals surface area (Å²) in [6, 6.07) is 0. The van der Waals surface area contributed by atoms with Crippen molar-refractivity contribution in [2.24, 2.45) is 0 Å². The van der Waals surface area contributed by atoms with Gasteiger partial charge in [0.25, 0.3) is 0 Å². The van der Waals surface area contributed by atoms with Crippen LogP contribution in [0, 0.1) is 10.8 Å². The van der Waals surface area contributed by atoms with Crippen LogP contribution in [-0.2, 0) is 19.1 Å². The Balaban J connectivity index is 4.03. The number of rotatable bonds is 5. The first kappa shape index (κ1) is 12.3. The van der Waals surface area contributed by atoms with Crippen LogP contribution in [0.1, 0.15) is 12.8 Å². The van der Waals surface area contributed by atoms with Gasteiger partial charge in [0.05, 0.1) is 26.4 Å². The maximum atomic E-state index is 10.8. The lowest BCUT2D eigenvalue weighted by molar-refractivity contribution is -0.140. The lowest BCUT2D eigenvalue weighted by Gasteiger charge is -2.02. The Hall–Kier alpha value is -1.72. The molecule has 0 radical (unpaired) electrons.